The van der Waals surface area contributed by atoms with Crippen LogP contribution in [0.3, 0.4) is 0 Å². The molecule has 0 bridgehead atoms. The Hall–Kier alpha value is -1.78. The second-order valence-electron chi connectivity index (χ2n) is 6.09. The number of carbonyl (C=O) groups is 1. The maximum Gasteiger partial charge on any atom is 0.340 e. The molecule has 1 heterocycles. The van der Waals surface area contributed by atoms with E-state index in [0.717, 1.165) is 6.42 Å². The number of pyridine rings is 1. The Morgan fingerprint density at radius 1 is 1.43 bits per heavy atom. The zero-order valence-corrected chi connectivity index (χ0v) is 13.1. The number of anilines is 2. The van der Waals surface area contributed by atoms with Crippen molar-refractivity contribution >= 4 is 17.5 Å². The fraction of sp³-hybridized carbons (Fsp3) is 0.625. The van der Waals surface area contributed by atoms with Gasteiger partial charge in [0, 0.05) is 6.04 Å². The molecule has 2 rings (SSSR count). The first-order valence-corrected chi connectivity index (χ1v) is 7.63. The van der Waals surface area contributed by atoms with Crippen LogP contribution in [-0.2, 0) is 4.74 Å². The van der Waals surface area contributed by atoms with Crippen molar-refractivity contribution in [2.75, 3.05) is 18.2 Å². The number of rotatable bonds is 4. The van der Waals surface area contributed by atoms with Crippen molar-refractivity contribution in [1.29, 1.82) is 0 Å². The van der Waals surface area contributed by atoms with E-state index in [0.29, 0.717) is 34.9 Å². The van der Waals surface area contributed by atoms with E-state index in [9.17, 15) is 4.79 Å². The summed E-state index contributed by atoms with van der Waals surface area (Å²) in [6.45, 7) is 4.53. The summed E-state index contributed by atoms with van der Waals surface area (Å²) in [6, 6.07) is 2.09. The van der Waals surface area contributed by atoms with Gasteiger partial charge >= 0.3 is 5.97 Å². The maximum atomic E-state index is 11.7. The van der Waals surface area contributed by atoms with Crippen molar-refractivity contribution in [3.05, 3.63) is 17.8 Å². The molecule has 0 aliphatic heterocycles. The summed E-state index contributed by atoms with van der Waals surface area (Å²) in [5.41, 5.74) is 6.49. The zero-order chi connectivity index (χ0) is 15.4. The molecule has 1 aromatic heterocycles. The lowest BCUT2D eigenvalue weighted by molar-refractivity contribution is 0.0602. The van der Waals surface area contributed by atoms with Crippen molar-refractivity contribution < 1.29 is 9.53 Å². The Kier molecular flexibility index (Phi) is 5.04. The number of methoxy groups -OCH3 is 1. The molecule has 1 aromatic rings. The predicted octanol–water partition coefficient (Wildman–Crippen LogP) is 3.08. The smallest absolute Gasteiger partial charge is 0.340 e. The van der Waals surface area contributed by atoms with Gasteiger partial charge in [-0.15, -0.1) is 0 Å². The van der Waals surface area contributed by atoms with Gasteiger partial charge in [-0.2, -0.15) is 0 Å². The van der Waals surface area contributed by atoms with Crippen LogP contribution in [0.25, 0.3) is 0 Å². The van der Waals surface area contributed by atoms with Crippen LogP contribution >= 0.6 is 0 Å². The molecule has 0 saturated heterocycles. The fourth-order valence-electron chi connectivity index (χ4n) is 3.16. The quantitative estimate of drug-likeness (QED) is 0.834. The van der Waals surface area contributed by atoms with Crippen LogP contribution in [0.15, 0.2) is 12.3 Å². The van der Waals surface area contributed by atoms with Crippen molar-refractivity contribution in [2.45, 2.75) is 45.6 Å². The Labute approximate surface area is 126 Å². The van der Waals surface area contributed by atoms with Gasteiger partial charge in [0.05, 0.1) is 24.6 Å². The summed E-state index contributed by atoms with van der Waals surface area (Å²) >= 11 is 0. The largest absolute Gasteiger partial charge is 0.465 e. The summed E-state index contributed by atoms with van der Waals surface area (Å²) < 4.78 is 4.75. The number of nitrogens with one attached hydrogen (secondary N) is 1. The minimum atomic E-state index is -0.429. The van der Waals surface area contributed by atoms with E-state index >= 15 is 0 Å². The van der Waals surface area contributed by atoms with Crippen LogP contribution in [0.2, 0.25) is 0 Å². The molecule has 5 nitrogen and oxygen atoms in total. The van der Waals surface area contributed by atoms with Gasteiger partial charge in [-0.1, -0.05) is 26.7 Å². The predicted molar refractivity (Wildman–Crippen MR) is 84.2 cm³/mol. The Bertz CT molecular complexity index is 502. The Morgan fingerprint density at radius 2 is 2.14 bits per heavy atom. The topological polar surface area (TPSA) is 77.2 Å². The van der Waals surface area contributed by atoms with Crippen molar-refractivity contribution in [3.63, 3.8) is 0 Å². The molecule has 1 fully saturated rings. The highest BCUT2D eigenvalue weighted by atomic mass is 16.5. The number of hydrogen-bond acceptors (Lipinski definition) is 5. The molecule has 0 spiro atoms. The van der Waals surface area contributed by atoms with E-state index in [1.807, 2.05) is 0 Å². The molecule has 1 aliphatic carbocycles. The third-order valence-corrected chi connectivity index (χ3v) is 4.35. The molecule has 0 radical (unpaired) electrons. The van der Waals surface area contributed by atoms with Gasteiger partial charge in [0.25, 0.3) is 0 Å². The minimum Gasteiger partial charge on any atom is -0.465 e. The van der Waals surface area contributed by atoms with Crippen LogP contribution in [0.1, 0.15) is 49.9 Å². The number of aromatic nitrogens is 1. The van der Waals surface area contributed by atoms with Gasteiger partial charge in [0.15, 0.2) is 0 Å². The molecular formula is C16H25N3O2. The third-order valence-electron chi connectivity index (χ3n) is 4.35. The maximum absolute atomic E-state index is 11.7. The number of nitrogen functional groups attached to an aromatic ring is 1. The summed E-state index contributed by atoms with van der Waals surface area (Å²) in [5.74, 6) is 1.54. The summed E-state index contributed by atoms with van der Waals surface area (Å²) in [7, 11) is 1.35. The van der Waals surface area contributed by atoms with E-state index in [4.69, 9.17) is 10.5 Å². The summed E-state index contributed by atoms with van der Waals surface area (Å²) in [4.78, 5) is 16.0. The molecule has 5 heteroatoms. The van der Waals surface area contributed by atoms with Gasteiger partial charge in [-0.05, 0) is 30.7 Å². The molecule has 116 valence electrons. The van der Waals surface area contributed by atoms with E-state index in [1.54, 1.807) is 6.07 Å². The molecule has 3 N–H and O–H groups in total. The van der Waals surface area contributed by atoms with Crippen molar-refractivity contribution in [2.24, 2.45) is 11.8 Å². The van der Waals surface area contributed by atoms with E-state index in [1.165, 1.54) is 32.6 Å². The molecular weight excluding hydrogens is 266 g/mol. The second kappa shape index (κ2) is 6.78. The molecule has 21 heavy (non-hydrogen) atoms. The first-order chi connectivity index (χ1) is 10.0. The van der Waals surface area contributed by atoms with E-state index in [2.05, 4.69) is 24.1 Å². The molecule has 1 aliphatic rings. The molecule has 2 unspecified atom stereocenters. The molecule has 0 aromatic carbocycles. The average molecular weight is 291 g/mol. The lowest BCUT2D eigenvalue weighted by Gasteiger charge is -2.35. The SMILES string of the molecule is COC(=O)c1cc(NC2CCCCC2C(C)C)ncc1N. The molecule has 0 amide bonds. The number of hydrogen-bond donors (Lipinski definition) is 2. The highest BCUT2D eigenvalue weighted by Crippen LogP contribution is 2.32. The average Bonchev–Trinajstić information content (AvgIpc) is 2.48. The monoisotopic (exact) mass is 291 g/mol. The lowest BCUT2D eigenvalue weighted by Crippen LogP contribution is -2.35. The normalized spacial score (nSPS) is 22.1. The van der Waals surface area contributed by atoms with Crippen molar-refractivity contribution in [1.82, 2.24) is 4.98 Å². The van der Waals surface area contributed by atoms with Gasteiger partial charge in [-0.25, -0.2) is 9.78 Å². The Morgan fingerprint density at radius 3 is 2.81 bits per heavy atom. The first-order valence-electron chi connectivity index (χ1n) is 7.63. The van der Waals surface area contributed by atoms with Gasteiger partial charge in [0.1, 0.15) is 5.82 Å². The standard InChI is InChI=1S/C16H25N3O2/c1-10(2)11-6-4-5-7-14(11)19-15-8-12(16(20)21-3)13(17)9-18-15/h8-11,14H,4-7,17H2,1-3H3,(H,18,19). The van der Waals surface area contributed by atoms with Crippen molar-refractivity contribution in [3.8, 4) is 0 Å². The highest BCUT2D eigenvalue weighted by molar-refractivity contribution is 5.95. The van der Waals surface area contributed by atoms with E-state index < -0.39 is 5.97 Å². The number of carbonyl (C=O) groups excluding carboxylic acids is 1. The minimum absolute atomic E-state index is 0.344. The first kappa shape index (κ1) is 15.6. The van der Waals surface area contributed by atoms with Gasteiger partial charge in [-0.3, -0.25) is 0 Å². The second-order valence-corrected chi connectivity index (χ2v) is 6.09. The van der Waals surface area contributed by atoms with Crippen LogP contribution in [0, 0.1) is 11.8 Å². The Balaban J connectivity index is 2.16. The lowest BCUT2D eigenvalue weighted by atomic mass is 9.78. The van der Waals surface area contributed by atoms with Crippen LogP contribution < -0.4 is 11.1 Å². The van der Waals surface area contributed by atoms with Gasteiger partial charge in [0.2, 0.25) is 0 Å². The fourth-order valence-corrected chi connectivity index (χ4v) is 3.16. The number of nitrogens with zero attached hydrogens (tertiary/aromatic N) is 1. The molecule has 1 saturated carbocycles. The number of nitrogens with two attached hydrogens (primary N) is 1. The van der Waals surface area contributed by atoms with Crippen LogP contribution in [0.5, 0.6) is 0 Å². The molecule has 2 atom stereocenters. The number of esters is 1. The van der Waals surface area contributed by atoms with Gasteiger partial charge < -0.3 is 15.8 Å². The summed E-state index contributed by atoms with van der Waals surface area (Å²) in [6.07, 6.45) is 6.43. The summed E-state index contributed by atoms with van der Waals surface area (Å²) in [5, 5.41) is 3.48. The van der Waals surface area contributed by atoms with E-state index in [-0.39, 0.29) is 0 Å². The van der Waals surface area contributed by atoms with Crippen LogP contribution in [-0.4, -0.2) is 24.1 Å². The highest BCUT2D eigenvalue weighted by Gasteiger charge is 2.27. The van der Waals surface area contributed by atoms with Crippen LogP contribution in [0.4, 0.5) is 11.5 Å². The number of ether oxygens (including phenoxy) is 1. The third kappa shape index (κ3) is 3.65. The zero-order valence-electron chi connectivity index (χ0n) is 13.1.